The molecule has 0 aliphatic rings. The van der Waals surface area contributed by atoms with Gasteiger partial charge in [-0.25, -0.2) is 4.31 Å². The second-order valence-electron chi connectivity index (χ2n) is 6.99. The summed E-state index contributed by atoms with van der Waals surface area (Å²) in [6.07, 6.45) is 0. The van der Waals surface area contributed by atoms with Gasteiger partial charge in [0.15, 0.2) is 0 Å². The van der Waals surface area contributed by atoms with E-state index in [1.807, 2.05) is 30.3 Å². The van der Waals surface area contributed by atoms with E-state index < -0.39 is 16.1 Å². The van der Waals surface area contributed by atoms with Gasteiger partial charge in [0.05, 0.1) is 5.69 Å². The van der Waals surface area contributed by atoms with E-state index in [-0.39, 0.29) is 6.54 Å². The molecule has 0 spiro atoms. The summed E-state index contributed by atoms with van der Waals surface area (Å²) >= 11 is 0. The van der Waals surface area contributed by atoms with Crippen molar-refractivity contribution < 1.29 is 17.6 Å². The SMILES string of the molecule is CN(C)S(=O)(=O)N(CC(=O)Nc1ccc2c(c1)oc1ccccc12)c1ccccc1. The highest BCUT2D eigenvalue weighted by Crippen LogP contribution is 2.30. The van der Waals surface area contributed by atoms with Crippen molar-refractivity contribution in [3.63, 3.8) is 0 Å². The zero-order valence-corrected chi connectivity index (χ0v) is 17.4. The maximum atomic E-state index is 12.7. The summed E-state index contributed by atoms with van der Waals surface area (Å²) in [5.41, 5.74) is 2.36. The van der Waals surface area contributed by atoms with Crippen LogP contribution in [0.15, 0.2) is 77.2 Å². The van der Waals surface area contributed by atoms with Gasteiger partial charge in [0, 0.05) is 36.6 Å². The van der Waals surface area contributed by atoms with Gasteiger partial charge in [-0.1, -0.05) is 36.4 Å². The van der Waals surface area contributed by atoms with Crippen molar-refractivity contribution in [2.24, 2.45) is 0 Å². The zero-order valence-electron chi connectivity index (χ0n) is 16.6. The Morgan fingerprint density at radius 3 is 2.30 bits per heavy atom. The second kappa shape index (κ2) is 7.81. The summed E-state index contributed by atoms with van der Waals surface area (Å²) in [6, 6.07) is 21.6. The number of hydrogen-bond acceptors (Lipinski definition) is 4. The molecule has 3 aromatic carbocycles. The summed E-state index contributed by atoms with van der Waals surface area (Å²) in [4.78, 5) is 12.7. The van der Waals surface area contributed by atoms with Crippen LogP contribution in [0.2, 0.25) is 0 Å². The zero-order chi connectivity index (χ0) is 21.3. The molecule has 0 aliphatic heterocycles. The lowest BCUT2D eigenvalue weighted by Crippen LogP contribution is -2.44. The molecule has 1 amide bonds. The third kappa shape index (κ3) is 3.74. The van der Waals surface area contributed by atoms with E-state index in [9.17, 15) is 13.2 Å². The summed E-state index contributed by atoms with van der Waals surface area (Å²) in [6.45, 7) is -0.358. The minimum Gasteiger partial charge on any atom is -0.456 e. The number of amides is 1. The Balaban J connectivity index is 1.59. The molecule has 0 atom stereocenters. The molecular weight excluding hydrogens is 402 g/mol. The Morgan fingerprint density at radius 2 is 1.57 bits per heavy atom. The third-order valence-corrected chi connectivity index (χ3v) is 6.55. The average Bonchev–Trinajstić information content (AvgIpc) is 3.10. The number of benzene rings is 3. The third-order valence-electron chi connectivity index (χ3n) is 4.73. The van der Waals surface area contributed by atoms with E-state index in [0.29, 0.717) is 17.0 Å². The molecule has 0 saturated heterocycles. The van der Waals surface area contributed by atoms with Crippen molar-refractivity contribution in [3.8, 4) is 0 Å². The normalized spacial score (nSPS) is 11.8. The molecule has 7 nitrogen and oxygen atoms in total. The van der Waals surface area contributed by atoms with Crippen LogP contribution in [-0.4, -0.2) is 39.3 Å². The minimum atomic E-state index is -3.84. The molecule has 0 fully saturated rings. The largest absolute Gasteiger partial charge is 0.456 e. The van der Waals surface area contributed by atoms with Crippen molar-refractivity contribution in [1.82, 2.24) is 4.31 Å². The van der Waals surface area contributed by atoms with Crippen LogP contribution in [0.4, 0.5) is 11.4 Å². The van der Waals surface area contributed by atoms with Crippen LogP contribution in [0.25, 0.3) is 21.9 Å². The molecular formula is C22H21N3O4S. The Bertz CT molecular complexity index is 1310. The number of fused-ring (bicyclic) bond motifs is 3. The van der Waals surface area contributed by atoms with Gasteiger partial charge >= 0.3 is 10.2 Å². The van der Waals surface area contributed by atoms with E-state index in [1.54, 1.807) is 42.5 Å². The number of anilines is 2. The van der Waals surface area contributed by atoms with Crippen LogP contribution >= 0.6 is 0 Å². The van der Waals surface area contributed by atoms with E-state index in [2.05, 4.69) is 5.32 Å². The van der Waals surface area contributed by atoms with Gasteiger partial charge in [0.25, 0.3) is 0 Å². The van der Waals surface area contributed by atoms with Gasteiger partial charge in [0.1, 0.15) is 17.7 Å². The first-order valence-electron chi connectivity index (χ1n) is 9.32. The van der Waals surface area contributed by atoms with Crippen molar-refractivity contribution in [2.45, 2.75) is 0 Å². The van der Waals surface area contributed by atoms with Gasteiger partial charge in [-0.3, -0.25) is 4.79 Å². The molecule has 0 saturated carbocycles. The van der Waals surface area contributed by atoms with Crippen molar-refractivity contribution in [1.29, 1.82) is 0 Å². The first kappa shape index (κ1) is 19.9. The van der Waals surface area contributed by atoms with Crippen LogP contribution in [0.5, 0.6) is 0 Å². The molecule has 0 bridgehead atoms. The lowest BCUT2D eigenvalue weighted by Gasteiger charge is -2.26. The Kier molecular flexibility index (Phi) is 5.19. The highest BCUT2D eigenvalue weighted by molar-refractivity contribution is 7.90. The fourth-order valence-electron chi connectivity index (χ4n) is 3.23. The molecule has 4 rings (SSSR count). The van der Waals surface area contributed by atoms with Crippen molar-refractivity contribution in [3.05, 3.63) is 72.8 Å². The maximum Gasteiger partial charge on any atom is 0.304 e. The van der Waals surface area contributed by atoms with E-state index in [1.165, 1.54) is 14.1 Å². The number of nitrogens with one attached hydrogen (secondary N) is 1. The maximum absolute atomic E-state index is 12.7. The molecule has 1 aromatic heterocycles. The predicted molar refractivity (Wildman–Crippen MR) is 119 cm³/mol. The molecule has 1 heterocycles. The van der Waals surface area contributed by atoms with Gasteiger partial charge in [-0.05, 0) is 30.3 Å². The smallest absolute Gasteiger partial charge is 0.304 e. The predicted octanol–water partition coefficient (Wildman–Crippen LogP) is 3.84. The van der Waals surface area contributed by atoms with Gasteiger partial charge in [0.2, 0.25) is 5.91 Å². The molecule has 0 unspecified atom stereocenters. The Hall–Kier alpha value is -3.36. The second-order valence-corrected chi connectivity index (χ2v) is 9.06. The average molecular weight is 423 g/mol. The Labute approximate surface area is 174 Å². The monoisotopic (exact) mass is 423 g/mol. The number of hydrogen-bond donors (Lipinski definition) is 1. The van der Waals surface area contributed by atoms with Crippen LogP contribution in [0.1, 0.15) is 0 Å². The molecule has 0 aliphatic carbocycles. The summed E-state index contributed by atoms with van der Waals surface area (Å²) < 4.78 is 33.5. The summed E-state index contributed by atoms with van der Waals surface area (Å²) in [7, 11) is -0.986. The van der Waals surface area contributed by atoms with E-state index in [4.69, 9.17) is 4.42 Å². The number of para-hydroxylation sites is 2. The van der Waals surface area contributed by atoms with Gasteiger partial charge in [-0.2, -0.15) is 12.7 Å². The molecule has 1 N–H and O–H groups in total. The van der Waals surface area contributed by atoms with E-state index >= 15 is 0 Å². The first-order valence-corrected chi connectivity index (χ1v) is 10.7. The standard InChI is InChI=1S/C22H21N3O4S/c1-24(2)30(27,28)25(17-8-4-3-5-9-17)15-22(26)23-16-12-13-19-18-10-6-7-11-20(18)29-21(19)14-16/h3-14H,15H2,1-2H3,(H,23,26). The molecule has 8 heteroatoms. The quantitative estimate of drug-likeness (QED) is 0.511. The number of rotatable bonds is 6. The molecule has 154 valence electrons. The van der Waals surface area contributed by atoms with Crippen molar-refractivity contribution >= 4 is 49.4 Å². The number of furan rings is 1. The highest BCUT2D eigenvalue weighted by atomic mass is 32.2. The number of carbonyl (C=O) groups excluding carboxylic acids is 1. The topological polar surface area (TPSA) is 82.9 Å². The van der Waals surface area contributed by atoms with Crippen molar-refractivity contribution in [2.75, 3.05) is 30.3 Å². The van der Waals surface area contributed by atoms with Crippen LogP contribution in [-0.2, 0) is 15.0 Å². The van der Waals surface area contributed by atoms with Gasteiger partial charge < -0.3 is 9.73 Å². The first-order chi connectivity index (χ1) is 14.4. The van der Waals surface area contributed by atoms with Crippen LogP contribution in [0, 0.1) is 0 Å². The number of carbonyl (C=O) groups is 1. The molecule has 0 radical (unpaired) electrons. The Morgan fingerprint density at radius 1 is 0.900 bits per heavy atom. The fourth-order valence-corrected chi connectivity index (χ4v) is 4.29. The van der Waals surface area contributed by atoms with Crippen LogP contribution in [0.3, 0.4) is 0 Å². The fraction of sp³-hybridized carbons (Fsp3) is 0.136. The lowest BCUT2D eigenvalue weighted by atomic mass is 10.1. The summed E-state index contributed by atoms with van der Waals surface area (Å²) in [5.74, 6) is -0.459. The summed E-state index contributed by atoms with van der Waals surface area (Å²) in [5, 5.41) is 4.71. The molecule has 30 heavy (non-hydrogen) atoms. The van der Waals surface area contributed by atoms with Gasteiger partial charge in [-0.15, -0.1) is 0 Å². The molecule has 4 aromatic rings. The lowest BCUT2D eigenvalue weighted by molar-refractivity contribution is -0.114. The van der Waals surface area contributed by atoms with E-state index in [0.717, 1.165) is 25.0 Å². The highest BCUT2D eigenvalue weighted by Gasteiger charge is 2.27. The minimum absolute atomic E-state index is 0.358. The van der Waals surface area contributed by atoms with Crippen LogP contribution < -0.4 is 9.62 Å². The number of nitrogens with zero attached hydrogens (tertiary/aromatic N) is 2.